The number of aryl methyl sites for hydroxylation is 1. The number of benzene rings is 3. The van der Waals surface area contributed by atoms with E-state index in [0.717, 1.165) is 22.2 Å². The number of nitro benzene ring substituents is 1. The Kier molecular flexibility index (Phi) is 5.36. The van der Waals surface area contributed by atoms with E-state index in [-0.39, 0.29) is 18.0 Å². The van der Waals surface area contributed by atoms with E-state index in [1.165, 1.54) is 18.2 Å². The summed E-state index contributed by atoms with van der Waals surface area (Å²) in [6.07, 6.45) is 0. The van der Waals surface area contributed by atoms with E-state index in [4.69, 9.17) is 9.15 Å². The molecule has 1 amide bonds. The molecule has 8 nitrogen and oxygen atoms in total. The third kappa shape index (κ3) is 4.23. The van der Waals surface area contributed by atoms with Gasteiger partial charge in [-0.05, 0) is 55.3 Å². The maximum absolute atomic E-state index is 12.4. The standard InChI is InChI=1S/C23H19N3O5/c1-14-10-11-20-18(12-14)25-23(31-20)16-6-5-7-17(15(16)2)24-22(27)13-30-21-9-4-3-8-19(21)26(28)29/h3-12H,13H2,1-2H3,(H,24,27). The highest BCUT2D eigenvalue weighted by atomic mass is 16.6. The Morgan fingerprint density at radius 3 is 2.74 bits per heavy atom. The van der Waals surface area contributed by atoms with Gasteiger partial charge in [0, 0.05) is 17.3 Å². The molecule has 0 aliphatic rings. The largest absolute Gasteiger partial charge is 0.477 e. The molecule has 0 fully saturated rings. The van der Waals surface area contributed by atoms with Crippen molar-refractivity contribution in [3.05, 3.63) is 81.9 Å². The normalized spacial score (nSPS) is 10.8. The maximum atomic E-state index is 12.4. The van der Waals surface area contributed by atoms with E-state index < -0.39 is 10.8 Å². The van der Waals surface area contributed by atoms with Crippen LogP contribution in [0.1, 0.15) is 11.1 Å². The zero-order valence-corrected chi connectivity index (χ0v) is 16.9. The second-order valence-electron chi connectivity index (χ2n) is 7.03. The van der Waals surface area contributed by atoms with Crippen LogP contribution in [0.5, 0.6) is 5.75 Å². The molecule has 3 aromatic carbocycles. The Balaban J connectivity index is 1.52. The van der Waals surface area contributed by atoms with Crippen LogP contribution in [0.15, 0.2) is 65.1 Å². The van der Waals surface area contributed by atoms with Crippen molar-refractivity contribution in [3.63, 3.8) is 0 Å². The summed E-state index contributed by atoms with van der Waals surface area (Å²) < 4.78 is 11.2. The summed E-state index contributed by atoms with van der Waals surface area (Å²) >= 11 is 0. The second kappa shape index (κ2) is 8.27. The minimum absolute atomic E-state index is 0.0369. The molecule has 0 aliphatic heterocycles. The average Bonchev–Trinajstić information content (AvgIpc) is 3.16. The monoisotopic (exact) mass is 417 g/mol. The Morgan fingerprint density at radius 1 is 1.13 bits per heavy atom. The van der Waals surface area contributed by atoms with Crippen molar-refractivity contribution in [2.24, 2.45) is 0 Å². The van der Waals surface area contributed by atoms with Gasteiger partial charge in [-0.1, -0.05) is 24.3 Å². The van der Waals surface area contributed by atoms with Crippen LogP contribution < -0.4 is 10.1 Å². The van der Waals surface area contributed by atoms with Gasteiger partial charge in [0.1, 0.15) is 5.52 Å². The van der Waals surface area contributed by atoms with E-state index >= 15 is 0 Å². The first-order chi connectivity index (χ1) is 14.9. The molecule has 1 N–H and O–H groups in total. The molecule has 0 bridgehead atoms. The van der Waals surface area contributed by atoms with Crippen LogP contribution >= 0.6 is 0 Å². The fourth-order valence-electron chi connectivity index (χ4n) is 3.22. The van der Waals surface area contributed by atoms with Gasteiger partial charge < -0.3 is 14.5 Å². The molecule has 0 unspecified atom stereocenters. The summed E-state index contributed by atoms with van der Waals surface area (Å²) in [4.78, 5) is 27.5. The zero-order valence-electron chi connectivity index (χ0n) is 16.9. The van der Waals surface area contributed by atoms with Gasteiger partial charge in [0.15, 0.2) is 17.9 Å². The minimum Gasteiger partial charge on any atom is -0.477 e. The molecule has 1 aromatic heterocycles. The number of nitro groups is 1. The molecule has 1 heterocycles. The van der Waals surface area contributed by atoms with Gasteiger partial charge in [-0.15, -0.1) is 0 Å². The Bertz CT molecular complexity index is 1300. The van der Waals surface area contributed by atoms with Crippen molar-refractivity contribution < 1.29 is 18.9 Å². The molecular weight excluding hydrogens is 398 g/mol. The molecule has 0 saturated carbocycles. The fourth-order valence-corrected chi connectivity index (χ4v) is 3.22. The number of hydrogen-bond acceptors (Lipinski definition) is 6. The lowest BCUT2D eigenvalue weighted by Gasteiger charge is -2.11. The fraction of sp³-hybridized carbons (Fsp3) is 0.130. The van der Waals surface area contributed by atoms with E-state index in [1.54, 1.807) is 18.2 Å². The number of amides is 1. The lowest BCUT2D eigenvalue weighted by Crippen LogP contribution is -2.21. The number of ether oxygens (including phenoxy) is 1. The molecule has 156 valence electrons. The smallest absolute Gasteiger partial charge is 0.310 e. The molecule has 31 heavy (non-hydrogen) atoms. The van der Waals surface area contributed by atoms with Crippen molar-refractivity contribution in [2.75, 3.05) is 11.9 Å². The Morgan fingerprint density at radius 2 is 1.94 bits per heavy atom. The maximum Gasteiger partial charge on any atom is 0.310 e. The van der Waals surface area contributed by atoms with Gasteiger partial charge in [0.05, 0.1) is 4.92 Å². The first kappa shape index (κ1) is 20.1. The summed E-state index contributed by atoms with van der Waals surface area (Å²) in [7, 11) is 0. The number of anilines is 1. The van der Waals surface area contributed by atoms with E-state index in [1.807, 2.05) is 38.1 Å². The number of carbonyl (C=O) groups is 1. The molecular formula is C23H19N3O5. The van der Waals surface area contributed by atoms with Crippen molar-refractivity contribution in [1.29, 1.82) is 0 Å². The molecule has 0 saturated heterocycles. The number of para-hydroxylation sites is 2. The number of nitrogens with zero attached hydrogens (tertiary/aromatic N) is 2. The number of fused-ring (bicyclic) bond motifs is 1. The average molecular weight is 417 g/mol. The van der Waals surface area contributed by atoms with Crippen molar-refractivity contribution in [1.82, 2.24) is 4.98 Å². The van der Waals surface area contributed by atoms with Crippen molar-refractivity contribution >= 4 is 28.4 Å². The zero-order chi connectivity index (χ0) is 22.0. The lowest BCUT2D eigenvalue weighted by atomic mass is 10.1. The van der Waals surface area contributed by atoms with Crippen molar-refractivity contribution in [2.45, 2.75) is 13.8 Å². The number of hydrogen-bond donors (Lipinski definition) is 1. The van der Waals surface area contributed by atoms with Crippen LogP contribution in [-0.4, -0.2) is 22.4 Å². The predicted molar refractivity (Wildman–Crippen MR) is 116 cm³/mol. The van der Waals surface area contributed by atoms with Crippen LogP contribution in [0.25, 0.3) is 22.6 Å². The summed E-state index contributed by atoms with van der Waals surface area (Å²) in [5.74, 6) is 0.0619. The number of carbonyl (C=O) groups excluding carboxylic acids is 1. The summed E-state index contributed by atoms with van der Waals surface area (Å²) in [6.45, 7) is 3.48. The number of nitrogens with one attached hydrogen (secondary N) is 1. The molecule has 8 heteroatoms. The number of rotatable bonds is 6. The van der Waals surface area contributed by atoms with Gasteiger partial charge in [-0.25, -0.2) is 4.98 Å². The first-order valence-corrected chi connectivity index (χ1v) is 9.55. The van der Waals surface area contributed by atoms with Gasteiger partial charge in [-0.3, -0.25) is 14.9 Å². The Labute approximate surface area is 177 Å². The summed E-state index contributed by atoms with van der Waals surface area (Å²) in [6, 6.07) is 17.1. The van der Waals surface area contributed by atoms with Gasteiger partial charge in [0.25, 0.3) is 5.91 Å². The van der Waals surface area contributed by atoms with Crippen LogP contribution in [-0.2, 0) is 4.79 Å². The highest BCUT2D eigenvalue weighted by molar-refractivity contribution is 5.93. The molecule has 0 aliphatic carbocycles. The molecule has 0 spiro atoms. The Hall–Kier alpha value is -4.20. The third-order valence-corrected chi connectivity index (χ3v) is 4.80. The molecule has 0 atom stereocenters. The molecule has 4 rings (SSSR count). The second-order valence-corrected chi connectivity index (χ2v) is 7.03. The molecule has 0 radical (unpaired) electrons. The van der Waals surface area contributed by atoms with Crippen LogP contribution in [0.3, 0.4) is 0 Å². The van der Waals surface area contributed by atoms with E-state index in [0.29, 0.717) is 17.2 Å². The topological polar surface area (TPSA) is 108 Å². The summed E-state index contributed by atoms with van der Waals surface area (Å²) in [5.41, 5.74) is 4.46. The van der Waals surface area contributed by atoms with Gasteiger partial charge >= 0.3 is 5.69 Å². The summed E-state index contributed by atoms with van der Waals surface area (Å²) in [5, 5.41) is 13.8. The van der Waals surface area contributed by atoms with Crippen LogP contribution in [0.2, 0.25) is 0 Å². The number of oxazole rings is 1. The van der Waals surface area contributed by atoms with Gasteiger partial charge in [0.2, 0.25) is 5.89 Å². The minimum atomic E-state index is -0.553. The van der Waals surface area contributed by atoms with Crippen LogP contribution in [0, 0.1) is 24.0 Å². The lowest BCUT2D eigenvalue weighted by molar-refractivity contribution is -0.385. The predicted octanol–water partition coefficient (Wildman–Crippen LogP) is 5.04. The third-order valence-electron chi connectivity index (χ3n) is 4.80. The van der Waals surface area contributed by atoms with Crippen molar-refractivity contribution in [3.8, 4) is 17.2 Å². The highest BCUT2D eigenvalue weighted by Gasteiger charge is 2.17. The SMILES string of the molecule is Cc1ccc2oc(-c3cccc(NC(=O)COc4ccccc4[N+](=O)[O-])c3C)nc2c1. The molecule has 4 aromatic rings. The first-order valence-electron chi connectivity index (χ1n) is 9.55. The van der Waals surface area contributed by atoms with Gasteiger partial charge in [-0.2, -0.15) is 0 Å². The van der Waals surface area contributed by atoms with Crippen LogP contribution in [0.4, 0.5) is 11.4 Å². The highest BCUT2D eigenvalue weighted by Crippen LogP contribution is 2.31. The van der Waals surface area contributed by atoms with E-state index in [2.05, 4.69) is 10.3 Å². The quantitative estimate of drug-likeness (QED) is 0.348. The number of aromatic nitrogens is 1. The van der Waals surface area contributed by atoms with E-state index in [9.17, 15) is 14.9 Å².